The highest BCUT2D eigenvalue weighted by molar-refractivity contribution is 5.24. The Morgan fingerprint density at radius 2 is 2.00 bits per heavy atom. The van der Waals surface area contributed by atoms with Crippen molar-refractivity contribution >= 4 is 0 Å². The number of ether oxygens (including phenoxy) is 1. The molecular formula is C11H13F2NO2. The van der Waals surface area contributed by atoms with Crippen LogP contribution in [0, 0.1) is 11.6 Å². The number of aliphatic hydroxyl groups is 1. The zero-order valence-electron chi connectivity index (χ0n) is 8.84. The van der Waals surface area contributed by atoms with E-state index in [1.165, 1.54) is 0 Å². The molecule has 0 spiro atoms. The summed E-state index contributed by atoms with van der Waals surface area (Å²) in [7, 11) is 0. The maximum absolute atomic E-state index is 13.1. The van der Waals surface area contributed by atoms with Gasteiger partial charge in [0.2, 0.25) is 5.79 Å². The molecule has 1 aromatic carbocycles. The molecule has 2 atom stereocenters. The molecule has 0 unspecified atom stereocenters. The zero-order valence-corrected chi connectivity index (χ0v) is 8.84. The molecule has 16 heavy (non-hydrogen) atoms. The number of halogens is 2. The van der Waals surface area contributed by atoms with Crippen molar-refractivity contribution in [1.29, 1.82) is 0 Å². The van der Waals surface area contributed by atoms with E-state index in [1.807, 2.05) is 0 Å². The monoisotopic (exact) mass is 229 g/mol. The molecule has 2 rings (SSSR count). The largest absolute Gasteiger partial charge is 0.361 e. The Morgan fingerprint density at radius 3 is 2.56 bits per heavy atom. The van der Waals surface area contributed by atoms with Crippen LogP contribution in [0.1, 0.15) is 12.5 Å². The molecule has 0 radical (unpaired) electrons. The first-order chi connectivity index (χ1) is 7.52. The van der Waals surface area contributed by atoms with E-state index < -0.39 is 23.5 Å². The summed E-state index contributed by atoms with van der Waals surface area (Å²) in [6.45, 7) is 2.59. The van der Waals surface area contributed by atoms with Gasteiger partial charge in [-0.15, -0.1) is 0 Å². The molecule has 0 saturated carbocycles. The maximum Gasteiger partial charge on any atom is 0.208 e. The summed E-state index contributed by atoms with van der Waals surface area (Å²) in [4.78, 5) is 0. The highest BCUT2D eigenvalue weighted by Gasteiger charge is 2.39. The molecular weight excluding hydrogens is 216 g/mol. The first-order valence-corrected chi connectivity index (χ1v) is 5.08. The smallest absolute Gasteiger partial charge is 0.208 e. The summed E-state index contributed by atoms with van der Waals surface area (Å²) < 4.78 is 31.3. The van der Waals surface area contributed by atoms with Gasteiger partial charge in [0.05, 0.1) is 12.6 Å². The lowest BCUT2D eigenvalue weighted by Gasteiger charge is -2.38. The van der Waals surface area contributed by atoms with Crippen molar-refractivity contribution in [2.24, 2.45) is 0 Å². The molecule has 0 bridgehead atoms. The van der Waals surface area contributed by atoms with Crippen LogP contribution < -0.4 is 5.32 Å². The Kier molecular flexibility index (Phi) is 2.92. The normalized spacial score (nSPS) is 30.4. The van der Waals surface area contributed by atoms with Crippen molar-refractivity contribution in [2.75, 3.05) is 13.2 Å². The average Bonchev–Trinajstić information content (AvgIpc) is 2.21. The standard InChI is InChI=1S/C11H13F2NO2/c1-7-11(15,16-3-2-14-7)8-4-9(12)6-10(13)5-8/h4-7,14-15H,2-3H2,1H3/t7-,11+/m0/s1. The lowest BCUT2D eigenvalue weighted by molar-refractivity contribution is -0.245. The summed E-state index contributed by atoms with van der Waals surface area (Å²) in [6, 6.07) is 2.48. The van der Waals surface area contributed by atoms with Crippen molar-refractivity contribution in [3.05, 3.63) is 35.4 Å². The minimum Gasteiger partial charge on any atom is -0.361 e. The van der Waals surface area contributed by atoms with Crippen molar-refractivity contribution in [2.45, 2.75) is 18.8 Å². The fourth-order valence-corrected chi connectivity index (χ4v) is 1.84. The Bertz CT molecular complexity index is 379. The Balaban J connectivity index is 2.40. The van der Waals surface area contributed by atoms with Crippen LogP contribution in [0.4, 0.5) is 8.78 Å². The molecule has 5 heteroatoms. The third-order valence-electron chi connectivity index (χ3n) is 2.74. The van der Waals surface area contributed by atoms with Crippen LogP contribution in [-0.4, -0.2) is 24.3 Å². The maximum atomic E-state index is 13.1. The van der Waals surface area contributed by atoms with E-state index >= 15 is 0 Å². The molecule has 0 aliphatic carbocycles. The highest BCUT2D eigenvalue weighted by atomic mass is 19.1. The second-order valence-electron chi connectivity index (χ2n) is 3.88. The molecule has 3 nitrogen and oxygen atoms in total. The van der Waals surface area contributed by atoms with Gasteiger partial charge in [0.15, 0.2) is 0 Å². The number of morpholine rings is 1. The SMILES string of the molecule is C[C@@H]1NCCO[C@@]1(O)c1cc(F)cc(F)c1. The van der Waals surface area contributed by atoms with Crippen LogP contribution >= 0.6 is 0 Å². The van der Waals surface area contributed by atoms with Crippen molar-refractivity contribution in [3.63, 3.8) is 0 Å². The van der Waals surface area contributed by atoms with E-state index in [1.54, 1.807) is 6.92 Å². The molecule has 1 saturated heterocycles. The van der Waals surface area contributed by atoms with Gasteiger partial charge < -0.3 is 15.2 Å². The second kappa shape index (κ2) is 4.08. The number of hydrogen-bond acceptors (Lipinski definition) is 3. The predicted octanol–water partition coefficient (Wildman–Crippen LogP) is 1.12. The van der Waals surface area contributed by atoms with Crippen LogP contribution in [0.15, 0.2) is 18.2 Å². The molecule has 1 aliphatic heterocycles. The Hall–Kier alpha value is -1.04. The third-order valence-corrected chi connectivity index (χ3v) is 2.74. The summed E-state index contributed by atoms with van der Waals surface area (Å²) >= 11 is 0. The van der Waals surface area contributed by atoms with Crippen molar-refractivity contribution < 1.29 is 18.6 Å². The molecule has 0 amide bonds. The molecule has 0 aromatic heterocycles. The Morgan fingerprint density at radius 1 is 1.38 bits per heavy atom. The quantitative estimate of drug-likeness (QED) is 0.758. The minimum atomic E-state index is -1.68. The van der Waals surface area contributed by atoms with Gasteiger partial charge in [-0.05, 0) is 19.1 Å². The number of benzene rings is 1. The molecule has 1 heterocycles. The van der Waals surface area contributed by atoms with Crippen molar-refractivity contribution in [3.8, 4) is 0 Å². The lowest BCUT2D eigenvalue weighted by atomic mass is 9.97. The predicted molar refractivity (Wildman–Crippen MR) is 53.7 cm³/mol. The van der Waals surface area contributed by atoms with Gasteiger partial charge >= 0.3 is 0 Å². The first kappa shape index (κ1) is 11.4. The molecule has 1 aromatic rings. The highest BCUT2D eigenvalue weighted by Crippen LogP contribution is 2.29. The van der Waals surface area contributed by atoms with E-state index in [0.717, 1.165) is 18.2 Å². The van der Waals surface area contributed by atoms with Gasteiger partial charge in [0.25, 0.3) is 0 Å². The molecule has 2 N–H and O–H groups in total. The van der Waals surface area contributed by atoms with Gasteiger partial charge in [-0.2, -0.15) is 0 Å². The van der Waals surface area contributed by atoms with E-state index in [4.69, 9.17) is 4.74 Å². The molecule has 1 aliphatic rings. The van der Waals surface area contributed by atoms with Crippen LogP contribution in [0.25, 0.3) is 0 Å². The average molecular weight is 229 g/mol. The lowest BCUT2D eigenvalue weighted by Crippen LogP contribution is -2.54. The zero-order chi connectivity index (χ0) is 11.8. The number of hydrogen-bond donors (Lipinski definition) is 2. The summed E-state index contributed by atoms with van der Waals surface area (Å²) in [5.41, 5.74) is 0.0877. The first-order valence-electron chi connectivity index (χ1n) is 5.08. The van der Waals surface area contributed by atoms with Crippen LogP contribution in [-0.2, 0) is 10.5 Å². The van der Waals surface area contributed by atoms with Crippen molar-refractivity contribution in [1.82, 2.24) is 5.32 Å². The van der Waals surface area contributed by atoms with E-state index in [2.05, 4.69) is 5.32 Å². The van der Waals surface area contributed by atoms with Gasteiger partial charge in [-0.1, -0.05) is 0 Å². The molecule has 1 fully saturated rings. The number of nitrogens with one attached hydrogen (secondary N) is 1. The Labute approximate surface area is 92.0 Å². The minimum absolute atomic E-state index is 0.0877. The van der Waals surface area contributed by atoms with E-state index in [0.29, 0.717) is 13.2 Å². The fourth-order valence-electron chi connectivity index (χ4n) is 1.84. The van der Waals surface area contributed by atoms with Gasteiger partial charge in [0, 0.05) is 18.2 Å². The van der Waals surface area contributed by atoms with Crippen LogP contribution in [0.5, 0.6) is 0 Å². The summed E-state index contributed by atoms with van der Waals surface area (Å²) in [5, 5.41) is 13.2. The van der Waals surface area contributed by atoms with Crippen LogP contribution in [0.2, 0.25) is 0 Å². The molecule has 88 valence electrons. The second-order valence-corrected chi connectivity index (χ2v) is 3.88. The van der Waals surface area contributed by atoms with Crippen LogP contribution in [0.3, 0.4) is 0 Å². The third kappa shape index (κ3) is 1.93. The van der Waals surface area contributed by atoms with Gasteiger partial charge in [-0.3, -0.25) is 0 Å². The number of rotatable bonds is 1. The fraction of sp³-hybridized carbons (Fsp3) is 0.455. The van der Waals surface area contributed by atoms with E-state index in [-0.39, 0.29) is 5.56 Å². The summed E-state index contributed by atoms with van der Waals surface area (Å²) in [6.07, 6.45) is 0. The van der Waals surface area contributed by atoms with Gasteiger partial charge in [0.1, 0.15) is 11.6 Å². The van der Waals surface area contributed by atoms with E-state index in [9.17, 15) is 13.9 Å². The van der Waals surface area contributed by atoms with Gasteiger partial charge in [-0.25, -0.2) is 8.78 Å². The topological polar surface area (TPSA) is 41.5 Å². The summed E-state index contributed by atoms with van der Waals surface area (Å²) in [5.74, 6) is -3.14.